The Balaban J connectivity index is 0.00000306. The lowest BCUT2D eigenvalue weighted by Crippen LogP contribution is -2.50. The van der Waals surface area contributed by atoms with Crippen LogP contribution in [0.4, 0.5) is 22.7 Å². The van der Waals surface area contributed by atoms with E-state index in [1.54, 1.807) is 25.1 Å². The minimum Gasteiger partial charge on any atom is -0.495 e. The molecule has 0 radical (unpaired) electrons. The summed E-state index contributed by atoms with van der Waals surface area (Å²) in [6.45, 7) is 1.55. The van der Waals surface area contributed by atoms with Crippen LogP contribution in [0.5, 0.6) is 5.75 Å². The van der Waals surface area contributed by atoms with Gasteiger partial charge in [-0.05, 0) is 31.2 Å². The van der Waals surface area contributed by atoms with Gasteiger partial charge in [0.2, 0.25) is 10.0 Å². The molecule has 3 aromatic carbocycles. The largest absolute Gasteiger partial charge is 0.495 e. The zero-order valence-electron chi connectivity index (χ0n) is 18.1. The number of hydrogen-bond acceptors (Lipinski definition) is 6. The number of primary amides is 1. The first-order valence-electron chi connectivity index (χ1n) is 10.0. The quantitative estimate of drug-likeness (QED) is 0.401. The Hall–Kier alpha value is -3.43. The molecule has 1 heterocycles. The van der Waals surface area contributed by atoms with Crippen molar-refractivity contribution in [1.82, 2.24) is 0 Å². The third-order valence-electron chi connectivity index (χ3n) is 5.48. The van der Waals surface area contributed by atoms with E-state index in [1.807, 2.05) is 48.5 Å². The number of methoxy groups -OCH3 is 1. The number of anilines is 4. The average molecular weight is 489 g/mol. The van der Waals surface area contributed by atoms with Crippen LogP contribution >= 0.6 is 12.4 Å². The van der Waals surface area contributed by atoms with Crippen molar-refractivity contribution in [3.05, 3.63) is 77.9 Å². The molecule has 3 aromatic rings. The van der Waals surface area contributed by atoms with Gasteiger partial charge in [0.05, 0.1) is 24.2 Å². The second-order valence-electron chi connectivity index (χ2n) is 7.38. The standard InChI is InChI=1S/C23H24N4O4S.ClH/c1-3-32(29,30)27-15-12-13-20(21(14-15)31-2)26-23(22(24)28)16-8-4-6-10-18(16)25-19-11-7-5-9-17(19)23;/h4-14,25-27H,3H2,1-2H3,(H2,24,28);1H. The maximum absolute atomic E-state index is 13.1. The van der Waals surface area contributed by atoms with Gasteiger partial charge >= 0.3 is 0 Å². The van der Waals surface area contributed by atoms with Gasteiger partial charge in [-0.25, -0.2) is 8.42 Å². The molecule has 4 rings (SSSR count). The van der Waals surface area contributed by atoms with Crippen LogP contribution in [0.2, 0.25) is 0 Å². The topological polar surface area (TPSA) is 123 Å². The maximum Gasteiger partial charge on any atom is 0.252 e. The molecule has 0 spiro atoms. The van der Waals surface area contributed by atoms with Crippen molar-refractivity contribution in [2.45, 2.75) is 12.5 Å². The molecule has 0 saturated carbocycles. The minimum absolute atomic E-state index is 0. The summed E-state index contributed by atoms with van der Waals surface area (Å²) in [6.07, 6.45) is 0. The third-order valence-corrected chi connectivity index (χ3v) is 6.78. The van der Waals surface area contributed by atoms with Crippen LogP contribution in [0, 0.1) is 0 Å². The van der Waals surface area contributed by atoms with E-state index in [2.05, 4.69) is 15.4 Å². The fraction of sp³-hybridized carbons (Fsp3) is 0.174. The average Bonchev–Trinajstić information content (AvgIpc) is 2.79. The van der Waals surface area contributed by atoms with E-state index in [1.165, 1.54) is 7.11 Å². The molecule has 0 aliphatic carbocycles. The summed E-state index contributed by atoms with van der Waals surface area (Å²) in [4.78, 5) is 13.1. The Bertz CT molecular complexity index is 1250. The number of carbonyl (C=O) groups excluding carboxylic acids is 1. The predicted molar refractivity (Wildman–Crippen MR) is 133 cm³/mol. The second-order valence-corrected chi connectivity index (χ2v) is 9.39. The Kier molecular flexibility index (Phi) is 6.76. The minimum atomic E-state index is -3.45. The Labute approximate surface area is 199 Å². The molecule has 8 nitrogen and oxygen atoms in total. The van der Waals surface area contributed by atoms with E-state index in [0.717, 1.165) is 11.4 Å². The molecule has 174 valence electrons. The van der Waals surface area contributed by atoms with Crippen molar-refractivity contribution in [2.24, 2.45) is 5.73 Å². The molecule has 0 unspecified atom stereocenters. The van der Waals surface area contributed by atoms with Gasteiger partial charge in [-0.2, -0.15) is 0 Å². The van der Waals surface area contributed by atoms with Crippen molar-refractivity contribution in [3.63, 3.8) is 0 Å². The van der Waals surface area contributed by atoms with Gasteiger partial charge in [-0.1, -0.05) is 36.4 Å². The van der Waals surface area contributed by atoms with Crippen molar-refractivity contribution in [2.75, 3.05) is 28.2 Å². The molecule has 10 heteroatoms. The summed E-state index contributed by atoms with van der Waals surface area (Å²) in [5, 5.41) is 6.66. The number of nitrogens with two attached hydrogens (primary N) is 1. The molecule has 5 N–H and O–H groups in total. The van der Waals surface area contributed by atoms with Gasteiger partial charge in [0.1, 0.15) is 5.75 Å². The lowest BCUT2D eigenvalue weighted by atomic mass is 9.77. The summed E-state index contributed by atoms with van der Waals surface area (Å²) in [5.74, 6) is -0.284. The fourth-order valence-corrected chi connectivity index (χ4v) is 4.53. The van der Waals surface area contributed by atoms with E-state index in [9.17, 15) is 13.2 Å². The number of nitrogens with one attached hydrogen (secondary N) is 3. The molecule has 0 aromatic heterocycles. The van der Waals surface area contributed by atoms with E-state index in [4.69, 9.17) is 10.5 Å². The summed E-state index contributed by atoms with van der Waals surface area (Å²) in [6, 6.07) is 19.7. The van der Waals surface area contributed by atoms with E-state index in [0.29, 0.717) is 28.3 Å². The highest BCUT2D eigenvalue weighted by atomic mass is 35.5. The molecule has 33 heavy (non-hydrogen) atoms. The molecule has 0 atom stereocenters. The number of para-hydroxylation sites is 2. The lowest BCUT2D eigenvalue weighted by Gasteiger charge is -2.40. The molecular formula is C23H25ClN4O4S. The Morgan fingerprint density at radius 3 is 2.12 bits per heavy atom. The van der Waals surface area contributed by atoms with Crippen molar-refractivity contribution in [3.8, 4) is 5.75 Å². The number of hydrogen-bond donors (Lipinski definition) is 4. The first-order valence-corrected chi connectivity index (χ1v) is 11.7. The lowest BCUT2D eigenvalue weighted by molar-refractivity contribution is -0.121. The van der Waals surface area contributed by atoms with Crippen LogP contribution in [-0.4, -0.2) is 27.2 Å². The summed E-state index contributed by atoms with van der Waals surface area (Å²) in [7, 11) is -1.98. The summed E-state index contributed by atoms with van der Waals surface area (Å²) >= 11 is 0. The van der Waals surface area contributed by atoms with E-state index < -0.39 is 21.5 Å². The molecule has 1 amide bonds. The molecule has 0 fully saturated rings. The number of fused-ring (bicyclic) bond motifs is 2. The van der Waals surface area contributed by atoms with Gasteiger partial charge in [0, 0.05) is 28.6 Å². The van der Waals surface area contributed by atoms with Crippen molar-refractivity contribution < 1.29 is 17.9 Å². The van der Waals surface area contributed by atoms with Gasteiger partial charge < -0.3 is 21.1 Å². The zero-order chi connectivity index (χ0) is 22.9. The van der Waals surface area contributed by atoms with Crippen LogP contribution in [0.15, 0.2) is 66.7 Å². The first kappa shape index (κ1) is 24.2. The number of amides is 1. The van der Waals surface area contributed by atoms with Crippen LogP contribution < -0.4 is 25.8 Å². The number of benzene rings is 3. The van der Waals surface area contributed by atoms with Crippen LogP contribution in [0.25, 0.3) is 0 Å². The highest BCUT2D eigenvalue weighted by molar-refractivity contribution is 7.92. The SMILES string of the molecule is CCS(=O)(=O)Nc1ccc(NC2(C(N)=O)c3ccccc3Nc3ccccc32)c(OC)c1.Cl. The van der Waals surface area contributed by atoms with Gasteiger partial charge in [-0.3, -0.25) is 9.52 Å². The van der Waals surface area contributed by atoms with Crippen LogP contribution in [-0.2, 0) is 20.4 Å². The smallest absolute Gasteiger partial charge is 0.252 e. The number of rotatable bonds is 7. The monoisotopic (exact) mass is 488 g/mol. The van der Waals surface area contributed by atoms with Gasteiger partial charge in [0.25, 0.3) is 5.91 Å². The zero-order valence-corrected chi connectivity index (χ0v) is 19.7. The number of sulfonamides is 1. The number of carbonyl (C=O) groups is 1. The predicted octanol–water partition coefficient (Wildman–Crippen LogP) is 3.78. The number of ether oxygens (including phenoxy) is 1. The molecule has 0 bridgehead atoms. The summed E-state index contributed by atoms with van der Waals surface area (Å²) in [5.41, 5.74) is 8.35. The highest BCUT2D eigenvalue weighted by Crippen LogP contribution is 2.47. The molecule has 0 saturated heterocycles. The maximum atomic E-state index is 13.1. The molecule has 1 aliphatic heterocycles. The van der Waals surface area contributed by atoms with Crippen molar-refractivity contribution >= 4 is 51.1 Å². The molecule has 1 aliphatic rings. The van der Waals surface area contributed by atoms with Crippen LogP contribution in [0.3, 0.4) is 0 Å². The van der Waals surface area contributed by atoms with E-state index >= 15 is 0 Å². The van der Waals surface area contributed by atoms with Gasteiger partial charge in [0.15, 0.2) is 5.54 Å². The normalized spacial score (nSPS) is 13.4. The summed E-state index contributed by atoms with van der Waals surface area (Å²) < 4.78 is 31.9. The molecular weight excluding hydrogens is 464 g/mol. The number of halogens is 1. The van der Waals surface area contributed by atoms with Crippen molar-refractivity contribution in [1.29, 1.82) is 0 Å². The second kappa shape index (κ2) is 9.21. The Morgan fingerprint density at radius 1 is 1.03 bits per heavy atom. The Morgan fingerprint density at radius 2 is 1.61 bits per heavy atom. The third kappa shape index (κ3) is 4.29. The highest BCUT2D eigenvalue weighted by Gasteiger charge is 2.46. The van der Waals surface area contributed by atoms with Crippen LogP contribution in [0.1, 0.15) is 18.1 Å². The first-order chi connectivity index (χ1) is 15.3. The fourth-order valence-electron chi connectivity index (χ4n) is 3.90. The van der Waals surface area contributed by atoms with E-state index in [-0.39, 0.29) is 18.2 Å². The van der Waals surface area contributed by atoms with Gasteiger partial charge in [-0.15, -0.1) is 12.4 Å².